The molecule has 3 aromatic rings. The van der Waals surface area contributed by atoms with Crippen LogP contribution >= 0.6 is 15.9 Å². The maximum Gasteiger partial charge on any atom is 0.129 e. The van der Waals surface area contributed by atoms with Crippen molar-refractivity contribution in [1.82, 2.24) is 0 Å². The molecule has 0 aliphatic carbocycles. The van der Waals surface area contributed by atoms with Crippen molar-refractivity contribution < 1.29 is 4.39 Å². The van der Waals surface area contributed by atoms with E-state index in [1.807, 2.05) is 43.3 Å². The third-order valence-corrected chi connectivity index (χ3v) is 4.08. The zero-order chi connectivity index (χ0) is 14.8. The van der Waals surface area contributed by atoms with E-state index in [1.54, 1.807) is 0 Å². The predicted octanol–water partition coefficient (Wildman–Crippen LogP) is 5.91. The van der Waals surface area contributed by atoms with E-state index in [2.05, 4.69) is 39.4 Å². The van der Waals surface area contributed by atoms with E-state index >= 15 is 0 Å². The second-order valence-electron chi connectivity index (χ2n) is 5.06. The molecule has 0 fully saturated rings. The van der Waals surface area contributed by atoms with Gasteiger partial charge in [0, 0.05) is 21.1 Å². The van der Waals surface area contributed by atoms with Crippen molar-refractivity contribution in [2.45, 2.75) is 13.0 Å². The van der Waals surface area contributed by atoms with Gasteiger partial charge in [-0.15, -0.1) is 0 Å². The molecule has 1 N–H and O–H groups in total. The second kappa shape index (κ2) is 5.86. The van der Waals surface area contributed by atoms with Gasteiger partial charge in [0.25, 0.3) is 0 Å². The highest BCUT2D eigenvalue weighted by Gasteiger charge is 2.12. The molecular formula is C18H15BrFN. The summed E-state index contributed by atoms with van der Waals surface area (Å²) in [7, 11) is 0. The fraction of sp³-hybridized carbons (Fsp3) is 0.111. The lowest BCUT2D eigenvalue weighted by molar-refractivity contribution is 0.599. The topological polar surface area (TPSA) is 12.0 Å². The molecule has 1 atom stereocenters. The molecule has 3 heteroatoms. The lowest BCUT2D eigenvalue weighted by Gasteiger charge is -2.18. The third-order valence-electron chi connectivity index (χ3n) is 3.59. The zero-order valence-corrected chi connectivity index (χ0v) is 13.2. The number of hydrogen-bond acceptors (Lipinski definition) is 1. The first-order valence-corrected chi connectivity index (χ1v) is 7.64. The molecule has 106 valence electrons. The highest BCUT2D eigenvalue weighted by atomic mass is 79.9. The summed E-state index contributed by atoms with van der Waals surface area (Å²) in [5, 5.41) is 5.72. The molecule has 0 aromatic heterocycles. The molecular weight excluding hydrogens is 329 g/mol. The van der Waals surface area contributed by atoms with Crippen LogP contribution in [0.5, 0.6) is 0 Å². The van der Waals surface area contributed by atoms with Crippen LogP contribution in [0.4, 0.5) is 10.1 Å². The average molecular weight is 344 g/mol. The Morgan fingerprint density at radius 2 is 1.76 bits per heavy atom. The SMILES string of the molecule is CC(Nc1cccc2ccccc12)c1ccc(Br)cc1F. The van der Waals surface area contributed by atoms with E-state index in [4.69, 9.17) is 0 Å². The maximum atomic E-state index is 14.0. The molecule has 0 heterocycles. The Kier molecular flexibility index (Phi) is 3.93. The lowest BCUT2D eigenvalue weighted by Crippen LogP contribution is -2.08. The molecule has 0 saturated heterocycles. The standard InChI is InChI=1S/C18H15BrFN/c1-12(15-10-9-14(19)11-17(15)20)21-18-8-4-6-13-5-2-3-7-16(13)18/h2-12,21H,1H3. The molecule has 0 amide bonds. The van der Waals surface area contributed by atoms with Crippen molar-refractivity contribution >= 4 is 32.4 Å². The number of rotatable bonds is 3. The van der Waals surface area contributed by atoms with Gasteiger partial charge in [-0.2, -0.15) is 0 Å². The van der Waals surface area contributed by atoms with E-state index < -0.39 is 0 Å². The summed E-state index contributed by atoms with van der Waals surface area (Å²) < 4.78 is 14.8. The molecule has 3 aromatic carbocycles. The van der Waals surface area contributed by atoms with Crippen molar-refractivity contribution in [3.8, 4) is 0 Å². The van der Waals surface area contributed by atoms with Crippen molar-refractivity contribution in [3.63, 3.8) is 0 Å². The smallest absolute Gasteiger partial charge is 0.129 e. The van der Waals surface area contributed by atoms with E-state index in [0.717, 1.165) is 15.5 Å². The minimum absolute atomic E-state index is 0.107. The molecule has 1 nitrogen and oxygen atoms in total. The minimum atomic E-state index is -0.204. The Balaban J connectivity index is 1.94. The van der Waals surface area contributed by atoms with Gasteiger partial charge in [0.1, 0.15) is 5.82 Å². The maximum absolute atomic E-state index is 14.0. The summed E-state index contributed by atoms with van der Waals surface area (Å²) in [5.41, 5.74) is 1.68. The van der Waals surface area contributed by atoms with Gasteiger partial charge in [-0.3, -0.25) is 0 Å². The quantitative estimate of drug-likeness (QED) is 0.622. The molecule has 0 saturated carbocycles. The highest BCUT2D eigenvalue weighted by Crippen LogP contribution is 2.28. The Hall–Kier alpha value is -1.87. The third kappa shape index (κ3) is 2.93. The fourth-order valence-corrected chi connectivity index (χ4v) is 2.85. The lowest BCUT2D eigenvalue weighted by atomic mass is 10.1. The van der Waals surface area contributed by atoms with Crippen LogP contribution in [0.15, 0.2) is 65.1 Å². The van der Waals surface area contributed by atoms with E-state index in [-0.39, 0.29) is 11.9 Å². The van der Waals surface area contributed by atoms with Gasteiger partial charge in [-0.05, 0) is 30.5 Å². The van der Waals surface area contributed by atoms with Crippen LogP contribution in [0.3, 0.4) is 0 Å². The first-order chi connectivity index (χ1) is 10.1. The van der Waals surface area contributed by atoms with E-state index in [1.165, 1.54) is 11.5 Å². The molecule has 3 rings (SSSR count). The number of fused-ring (bicyclic) bond motifs is 1. The van der Waals surface area contributed by atoms with Crippen LogP contribution in [0.2, 0.25) is 0 Å². The minimum Gasteiger partial charge on any atom is -0.378 e. The number of benzene rings is 3. The van der Waals surface area contributed by atoms with Gasteiger partial charge >= 0.3 is 0 Å². The van der Waals surface area contributed by atoms with Crippen LogP contribution in [0.1, 0.15) is 18.5 Å². The molecule has 1 unspecified atom stereocenters. The first kappa shape index (κ1) is 14.1. The first-order valence-electron chi connectivity index (χ1n) is 6.84. The number of halogens is 2. The Morgan fingerprint density at radius 3 is 2.57 bits per heavy atom. The number of nitrogens with one attached hydrogen (secondary N) is 1. The predicted molar refractivity (Wildman–Crippen MR) is 90.1 cm³/mol. The van der Waals surface area contributed by atoms with Gasteiger partial charge in [0.05, 0.1) is 6.04 Å². The Morgan fingerprint density at radius 1 is 1.00 bits per heavy atom. The second-order valence-corrected chi connectivity index (χ2v) is 5.97. The summed E-state index contributed by atoms with van der Waals surface area (Å²) in [4.78, 5) is 0. The highest BCUT2D eigenvalue weighted by molar-refractivity contribution is 9.10. The summed E-state index contributed by atoms with van der Waals surface area (Å²) in [6, 6.07) is 19.3. The molecule has 0 radical (unpaired) electrons. The molecule has 0 aliphatic heterocycles. The van der Waals surface area contributed by atoms with Crippen LogP contribution in [-0.2, 0) is 0 Å². The van der Waals surface area contributed by atoms with Gasteiger partial charge in [-0.1, -0.05) is 58.4 Å². The van der Waals surface area contributed by atoms with Crippen LogP contribution < -0.4 is 5.32 Å². The number of hydrogen-bond donors (Lipinski definition) is 1. The van der Waals surface area contributed by atoms with E-state index in [0.29, 0.717) is 5.56 Å². The average Bonchev–Trinajstić information content (AvgIpc) is 2.47. The van der Waals surface area contributed by atoms with Crippen LogP contribution in [0, 0.1) is 5.82 Å². The number of anilines is 1. The van der Waals surface area contributed by atoms with Crippen molar-refractivity contribution in [1.29, 1.82) is 0 Å². The molecule has 0 bridgehead atoms. The summed E-state index contributed by atoms with van der Waals surface area (Å²) in [5.74, 6) is -0.204. The molecule has 0 spiro atoms. The normalized spacial score (nSPS) is 12.3. The Labute approximate surface area is 131 Å². The van der Waals surface area contributed by atoms with Gasteiger partial charge < -0.3 is 5.32 Å². The van der Waals surface area contributed by atoms with Crippen molar-refractivity contribution in [2.24, 2.45) is 0 Å². The van der Waals surface area contributed by atoms with Crippen LogP contribution in [-0.4, -0.2) is 0 Å². The summed E-state index contributed by atoms with van der Waals surface area (Å²) in [6.45, 7) is 1.97. The van der Waals surface area contributed by atoms with E-state index in [9.17, 15) is 4.39 Å². The van der Waals surface area contributed by atoms with Gasteiger partial charge in [0.2, 0.25) is 0 Å². The largest absolute Gasteiger partial charge is 0.378 e. The summed E-state index contributed by atoms with van der Waals surface area (Å²) in [6.07, 6.45) is 0. The Bertz CT molecular complexity index is 780. The van der Waals surface area contributed by atoms with Crippen LogP contribution in [0.25, 0.3) is 10.8 Å². The van der Waals surface area contributed by atoms with Gasteiger partial charge in [-0.25, -0.2) is 4.39 Å². The fourth-order valence-electron chi connectivity index (χ4n) is 2.51. The zero-order valence-electron chi connectivity index (χ0n) is 11.6. The van der Waals surface area contributed by atoms with Gasteiger partial charge in [0.15, 0.2) is 0 Å². The molecule has 21 heavy (non-hydrogen) atoms. The summed E-state index contributed by atoms with van der Waals surface area (Å²) >= 11 is 3.28. The molecule has 0 aliphatic rings. The van der Waals surface area contributed by atoms with Crippen molar-refractivity contribution in [3.05, 3.63) is 76.5 Å². The van der Waals surface area contributed by atoms with Crippen molar-refractivity contribution in [2.75, 3.05) is 5.32 Å². The monoisotopic (exact) mass is 343 g/mol.